The molecule has 1 aromatic heterocycles. The minimum atomic E-state index is -0.656. The molecular formula is C9H15N3OS. The highest BCUT2D eigenvalue weighted by atomic mass is 32.1. The second-order valence-corrected chi connectivity index (χ2v) is 4.14. The molecule has 78 valence electrons. The lowest BCUT2D eigenvalue weighted by molar-refractivity contribution is -0.127. The molecule has 2 N–H and O–H groups in total. The van der Waals surface area contributed by atoms with Gasteiger partial charge < -0.3 is 14.9 Å². The third-order valence-corrected chi connectivity index (χ3v) is 2.53. The van der Waals surface area contributed by atoms with Crippen LogP contribution in [0.5, 0.6) is 0 Å². The fourth-order valence-electron chi connectivity index (χ4n) is 1.34. The van der Waals surface area contributed by atoms with E-state index in [1.807, 2.05) is 27.0 Å². The molecule has 0 aliphatic carbocycles. The number of likely N-dealkylation sites (N-methyl/N-ethyl adjacent to an activating group) is 1. The van der Waals surface area contributed by atoms with E-state index in [2.05, 4.69) is 10.3 Å². The van der Waals surface area contributed by atoms with Crippen molar-refractivity contribution in [2.24, 2.45) is 0 Å². The van der Waals surface area contributed by atoms with Crippen molar-refractivity contribution in [2.75, 3.05) is 7.05 Å². The van der Waals surface area contributed by atoms with Gasteiger partial charge in [-0.25, -0.2) is 0 Å². The number of amides is 1. The van der Waals surface area contributed by atoms with E-state index in [9.17, 15) is 4.79 Å². The van der Waals surface area contributed by atoms with Crippen molar-refractivity contribution < 1.29 is 4.79 Å². The maximum absolute atomic E-state index is 11.6. The number of nitrogens with one attached hydrogen (secondary N) is 2. The maximum Gasteiger partial charge on any atom is 0.245 e. The van der Waals surface area contributed by atoms with Crippen LogP contribution in [0.1, 0.15) is 19.5 Å². The van der Waals surface area contributed by atoms with Crippen LogP contribution in [0.25, 0.3) is 0 Å². The Morgan fingerprint density at radius 3 is 2.57 bits per heavy atom. The Bertz CT molecular complexity index is 402. The number of carbonyl (C=O) groups is 1. The zero-order valence-electron chi connectivity index (χ0n) is 8.84. The fraction of sp³-hybridized carbons (Fsp3) is 0.556. The molecular weight excluding hydrogens is 198 g/mol. The highest BCUT2D eigenvalue weighted by Gasteiger charge is 2.29. The van der Waals surface area contributed by atoms with E-state index < -0.39 is 5.54 Å². The van der Waals surface area contributed by atoms with Crippen LogP contribution < -0.4 is 5.32 Å². The molecule has 1 rings (SSSR count). The molecule has 0 aliphatic heterocycles. The van der Waals surface area contributed by atoms with Gasteiger partial charge in [-0.15, -0.1) is 0 Å². The number of aromatic amines is 1. The second kappa shape index (κ2) is 3.57. The zero-order valence-corrected chi connectivity index (χ0v) is 9.66. The van der Waals surface area contributed by atoms with Gasteiger partial charge >= 0.3 is 0 Å². The molecule has 0 radical (unpaired) electrons. The van der Waals surface area contributed by atoms with Gasteiger partial charge in [-0.3, -0.25) is 4.79 Å². The fourth-order valence-corrected chi connectivity index (χ4v) is 1.79. The summed E-state index contributed by atoms with van der Waals surface area (Å²) in [7, 11) is 1.62. The summed E-state index contributed by atoms with van der Waals surface area (Å²) >= 11 is 5.12. The number of hydrogen-bond acceptors (Lipinski definition) is 2. The standard InChI is InChI=1S/C9H15N3OS/c1-6-5-12(8(14)11-6)9(2,3)7(13)10-4/h5H,1-4H3,(H,10,13)(H,11,14). The van der Waals surface area contributed by atoms with Gasteiger partial charge in [-0.2, -0.15) is 0 Å². The molecule has 0 bridgehead atoms. The maximum atomic E-state index is 11.6. The minimum absolute atomic E-state index is 0.0624. The molecule has 0 saturated heterocycles. The number of hydrogen-bond donors (Lipinski definition) is 2. The molecule has 0 aromatic carbocycles. The van der Waals surface area contributed by atoms with Crippen molar-refractivity contribution >= 4 is 18.1 Å². The van der Waals surface area contributed by atoms with Gasteiger partial charge in [0.15, 0.2) is 4.77 Å². The van der Waals surface area contributed by atoms with Crippen LogP contribution >= 0.6 is 12.2 Å². The first-order chi connectivity index (χ1) is 6.39. The van der Waals surface area contributed by atoms with Crippen LogP contribution in [-0.4, -0.2) is 22.5 Å². The molecule has 0 aliphatic rings. The topological polar surface area (TPSA) is 49.8 Å². The van der Waals surface area contributed by atoms with Gasteiger partial charge in [-0.05, 0) is 33.0 Å². The predicted molar refractivity (Wildman–Crippen MR) is 57.7 cm³/mol. The minimum Gasteiger partial charge on any atom is -0.357 e. The van der Waals surface area contributed by atoms with Gasteiger partial charge in [0.25, 0.3) is 0 Å². The highest BCUT2D eigenvalue weighted by molar-refractivity contribution is 7.71. The first kappa shape index (κ1) is 11.0. The first-order valence-corrected chi connectivity index (χ1v) is 4.81. The molecule has 1 amide bonds. The summed E-state index contributed by atoms with van der Waals surface area (Å²) in [5, 5.41) is 2.62. The summed E-state index contributed by atoms with van der Waals surface area (Å²) in [4.78, 5) is 14.6. The average molecular weight is 213 g/mol. The summed E-state index contributed by atoms with van der Waals surface area (Å²) in [6.07, 6.45) is 1.84. The van der Waals surface area contributed by atoms with Crippen LogP contribution in [0.4, 0.5) is 0 Å². The highest BCUT2D eigenvalue weighted by Crippen LogP contribution is 2.16. The second-order valence-electron chi connectivity index (χ2n) is 3.75. The number of nitrogens with zero attached hydrogens (tertiary/aromatic N) is 1. The van der Waals surface area contributed by atoms with Crippen molar-refractivity contribution in [3.8, 4) is 0 Å². The normalized spacial score (nSPS) is 11.4. The van der Waals surface area contributed by atoms with E-state index in [-0.39, 0.29) is 5.91 Å². The molecule has 5 heteroatoms. The van der Waals surface area contributed by atoms with E-state index in [4.69, 9.17) is 12.2 Å². The number of carbonyl (C=O) groups excluding carboxylic acids is 1. The Kier molecular flexibility index (Phi) is 2.80. The summed E-state index contributed by atoms with van der Waals surface area (Å²) < 4.78 is 2.33. The van der Waals surface area contributed by atoms with Crippen molar-refractivity contribution in [3.63, 3.8) is 0 Å². The number of imidazole rings is 1. The van der Waals surface area contributed by atoms with Gasteiger partial charge in [0.05, 0.1) is 0 Å². The Labute approximate surface area is 88.3 Å². The number of H-pyrrole nitrogens is 1. The van der Waals surface area contributed by atoms with Gasteiger partial charge in [0.2, 0.25) is 5.91 Å². The van der Waals surface area contributed by atoms with Crippen LogP contribution in [-0.2, 0) is 10.3 Å². The van der Waals surface area contributed by atoms with Crippen LogP contribution in [0.3, 0.4) is 0 Å². The first-order valence-electron chi connectivity index (χ1n) is 4.40. The van der Waals surface area contributed by atoms with Crippen molar-refractivity contribution in [1.29, 1.82) is 0 Å². The van der Waals surface area contributed by atoms with E-state index in [1.54, 1.807) is 11.6 Å². The zero-order chi connectivity index (χ0) is 10.9. The Balaban J connectivity index is 3.22. The summed E-state index contributed by atoms with van der Waals surface area (Å²) in [6.45, 7) is 5.57. The molecule has 1 heterocycles. The van der Waals surface area contributed by atoms with Crippen LogP contribution in [0.2, 0.25) is 0 Å². The third-order valence-electron chi connectivity index (χ3n) is 2.23. The van der Waals surface area contributed by atoms with Crippen molar-refractivity contribution in [1.82, 2.24) is 14.9 Å². The lowest BCUT2D eigenvalue weighted by Gasteiger charge is -2.24. The third kappa shape index (κ3) is 1.72. The van der Waals surface area contributed by atoms with E-state index >= 15 is 0 Å². The summed E-state index contributed by atoms with van der Waals surface area (Å²) in [5.74, 6) is -0.0624. The Morgan fingerprint density at radius 1 is 1.64 bits per heavy atom. The molecule has 0 fully saturated rings. The van der Waals surface area contributed by atoms with Crippen LogP contribution in [0, 0.1) is 11.7 Å². The monoisotopic (exact) mass is 213 g/mol. The van der Waals surface area contributed by atoms with Crippen molar-refractivity contribution in [3.05, 3.63) is 16.7 Å². The lowest BCUT2D eigenvalue weighted by Crippen LogP contribution is -2.42. The van der Waals surface area contributed by atoms with Gasteiger partial charge in [0.1, 0.15) is 5.54 Å². The molecule has 14 heavy (non-hydrogen) atoms. The molecule has 0 atom stereocenters. The van der Waals surface area contributed by atoms with E-state index in [0.29, 0.717) is 4.77 Å². The molecule has 0 saturated carbocycles. The molecule has 1 aromatic rings. The van der Waals surface area contributed by atoms with Gasteiger partial charge in [0, 0.05) is 18.9 Å². The lowest BCUT2D eigenvalue weighted by atomic mass is 10.0. The van der Waals surface area contributed by atoms with Gasteiger partial charge in [-0.1, -0.05) is 0 Å². The number of rotatable bonds is 2. The van der Waals surface area contributed by atoms with Crippen LogP contribution in [0.15, 0.2) is 6.20 Å². The molecule has 0 spiro atoms. The SMILES string of the molecule is CNC(=O)C(C)(C)n1cc(C)[nH]c1=S. The number of aromatic nitrogens is 2. The smallest absolute Gasteiger partial charge is 0.245 e. The summed E-state index contributed by atoms with van der Waals surface area (Å²) in [6, 6.07) is 0. The average Bonchev–Trinajstić information content (AvgIpc) is 2.44. The molecule has 4 nitrogen and oxygen atoms in total. The molecule has 0 unspecified atom stereocenters. The Hall–Kier alpha value is -1.10. The van der Waals surface area contributed by atoms with E-state index in [0.717, 1.165) is 5.69 Å². The predicted octanol–water partition coefficient (Wildman–Crippen LogP) is 1.34. The number of aryl methyl sites for hydroxylation is 1. The van der Waals surface area contributed by atoms with E-state index in [1.165, 1.54) is 0 Å². The summed E-state index contributed by atoms with van der Waals surface area (Å²) in [5.41, 5.74) is 0.295. The quantitative estimate of drug-likeness (QED) is 0.728. The Morgan fingerprint density at radius 2 is 2.21 bits per heavy atom. The largest absolute Gasteiger partial charge is 0.357 e. The van der Waals surface area contributed by atoms with Crippen molar-refractivity contribution in [2.45, 2.75) is 26.3 Å².